The smallest absolute Gasteiger partial charge is 0.317 e. The molecule has 0 heterocycles. The largest absolute Gasteiger partial charge is 0.465 e. The highest BCUT2D eigenvalue weighted by atomic mass is 16.5. The Balaban J connectivity index is 2.92. The van der Waals surface area contributed by atoms with Gasteiger partial charge >= 0.3 is 5.97 Å². The van der Waals surface area contributed by atoms with Crippen LogP contribution in [0.25, 0.3) is 0 Å². The summed E-state index contributed by atoms with van der Waals surface area (Å²) in [6.07, 6.45) is 2.28. The normalized spacial score (nSPS) is 11.5. The van der Waals surface area contributed by atoms with Crippen LogP contribution in [0.5, 0.6) is 0 Å². The van der Waals surface area contributed by atoms with Crippen LogP contribution in [-0.2, 0) is 9.53 Å². The number of esters is 1. The van der Waals surface area contributed by atoms with Crippen LogP contribution in [0.15, 0.2) is 42.0 Å². The predicted molar refractivity (Wildman–Crippen MR) is 74.9 cm³/mol. The van der Waals surface area contributed by atoms with Crippen LogP contribution >= 0.6 is 0 Å². The molecule has 1 atom stereocenters. The van der Waals surface area contributed by atoms with Crippen molar-refractivity contribution in [3.8, 4) is 0 Å². The summed E-state index contributed by atoms with van der Waals surface area (Å²) in [5.41, 5.74) is 1.62. The van der Waals surface area contributed by atoms with Crippen molar-refractivity contribution in [2.24, 2.45) is 5.92 Å². The molecule has 0 aromatic heterocycles. The molecular formula is C16H20O3. The van der Waals surface area contributed by atoms with Crippen molar-refractivity contribution in [2.45, 2.75) is 27.2 Å². The van der Waals surface area contributed by atoms with Crippen molar-refractivity contribution in [3.63, 3.8) is 0 Å². The SMILES string of the molecule is CCOC(=O)C(CC=C(C)C)C(=O)c1ccccc1. The number of carbonyl (C=O) groups excluding carboxylic acids is 2. The number of hydrogen-bond donors (Lipinski definition) is 0. The molecule has 3 nitrogen and oxygen atoms in total. The summed E-state index contributed by atoms with van der Waals surface area (Å²) in [7, 11) is 0. The fraction of sp³-hybridized carbons (Fsp3) is 0.375. The van der Waals surface area contributed by atoms with Crippen LogP contribution in [0, 0.1) is 5.92 Å². The topological polar surface area (TPSA) is 43.4 Å². The summed E-state index contributed by atoms with van der Waals surface area (Å²) in [5.74, 6) is -1.39. The maximum atomic E-state index is 12.3. The Morgan fingerprint density at radius 2 is 1.84 bits per heavy atom. The zero-order valence-corrected chi connectivity index (χ0v) is 11.7. The molecule has 0 aliphatic carbocycles. The molecule has 1 aromatic carbocycles. The summed E-state index contributed by atoms with van der Waals surface area (Å²) in [6.45, 7) is 5.90. The molecule has 102 valence electrons. The van der Waals surface area contributed by atoms with E-state index in [-0.39, 0.29) is 12.4 Å². The molecule has 0 saturated carbocycles. The Bertz CT molecular complexity index is 456. The van der Waals surface area contributed by atoms with E-state index in [1.807, 2.05) is 26.0 Å². The quantitative estimate of drug-likeness (QED) is 0.341. The van der Waals surface area contributed by atoms with Crippen molar-refractivity contribution in [1.82, 2.24) is 0 Å². The van der Waals surface area contributed by atoms with Crippen molar-refractivity contribution in [1.29, 1.82) is 0 Å². The Morgan fingerprint density at radius 1 is 1.21 bits per heavy atom. The lowest BCUT2D eigenvalue weighted by atomic mass is 9.94. The Kier molecular flexibility index (Phi) is 6.00. The van der Waals surface area contributed by atoms with Gasteiger partial charge in [0.05, 0.1) is 6.61 Å². The summed E-state index contributed by atoms with van der Waals surface area (Å²) in [4.78, 5) is 24.2. The van der Waals surface area contributed by atoms with Gasteiger partial charge in [0.1, 0.15) is 5.92 Å². The first-order chi connectivity index (χ1) is 9.06. The number of Topliss-reactive ketones (excluding diaryl/α,β-unsaturated/α-hetero) is 1. The standard InChI is InChI=1S/C16H20O3/c1-4-19-16(18)14(11-10-12(2)3)15(17)13-8-6-5-7-9-13/h5-10,14H,4,11H2,1-3H3. The summed E-state index contributed by atoms with van der Waals surface area (Å²) < 4.78 is 4.99. The minimum Gasteiger partial charge on any atom is -0.465 e. The molecule has 1 rings (SSSR count). The van der Waals surface area contributed by atoms with Gasteiger partial charge in [-0.05, 0) is 27.2 Å². The minimum atomic E-state index is -0.753. The minimum absolute atomic E-state index is 0.184. The molecule has 0 aliphatic heterocycles. The first-order valence-electron chi connectivity index (χ1n) is 6.45. The molecule has 0 amide bonds. The molecule has 3 heteroatoms. The lowest BCUT2D eigenvalue weighted by Crippen LogP contribution is -2.26. The van der Waals surface area contributed by atoms with Gasteiger partial charge < -0.3 is 4.74 Å². The van der Waals surface area contributed by atoms with E-state index >= 15 is 0 Å². The van der Waals surface area contributed by atoms with Crippen molar-refractivity contribution in [3.05, 3.63) is 47.5 Å². The number of rotatable bonds is 6. The molecule has 1 aromatic rings. The lowest BCUT2D eigenvalue weighted by molar-refractivity contribution is -0.146. The van der Waals surface area contributed by atoms with Gasteiger partial charge in [-0.15, -0.1) is 0 Å². The molecule has 0 spiro atoms. The van der Waals surface area contributed by atoms with Gasteiger partial charge in [0, 0.05) is 5.56 Å². The van der Waals surface area contributed by atoms with Crippen LogP contribution in [-0.4, -0.2) is 18.4 Å². The average Bonchev–Trinajstić information content (AvgIpc) is 2.39. The van der Waals surface area contributed by atoms with Gasteiger partial charge in [0.15, 0.2) is 5.78 Å². The zero-order chi connectivity index (χ0) is 14.3. The van der Waals surface area contributed by atoms with Gasteiger partial charge in [-0.1, -0.05) is 42.0 Å². The summed E-state index contributed by atoms with van der Waals surface area (Å²) in [5, 5.41) is 0. The Morgan fingerprint density at radius 3 is 2.37 bits per heavy atom. The van der Waals surface area contributed by atoms with Crippen LogP contribution in [0.3, 0.4) is 0 Å². The predicted octanol–water partition coefficient (Wildman–Crippen LogP) is 3.40. The van der Waals surface area contributed by atoms with Gasteiger partial charge in [-0.3, -0.25) is 9.59 Å². The highest BCUT2D eigenvalue weighted by Crippen LogP contribution is 2.16. The van der Waals surface area contributed by atoms with E-state index < -0.39 is 11.9 Å². The third-order valence-electron chi connectivity index (χ3n) is 2.71. The fourth-order valence-electron chi connectivity index (χ4n) is 1.71. The van der Waals surface area contributed by atoms with Crippen LogP contribution in [0.1, 0.15) is 37.6 Å². The van der Waals surface area contributed by atoms with Gasteiger partial charge in [0.25, 0.3) is 0 Å². The monoisotopic (exact) mass is 260 g/mol. The van der Waals surface area contributed by atoms with E-state index in [2.05, 4.69) is 0 Å². The molecule has 0 fully saturated rings. The molecule has 1 unspecified atom stereocenters. The van der Waals surface area contributed by atoms with E-state index in [1.54, 1.807) is 31.2 Å². The second kappa shape index (κ2) is 7.52. The fourth-order valence-corrected chi connectivity index (χ4v) is 1.71. The number of ether oxygens (including phenoxy) is 1. The average molecular weight is 260 g/mol. The third-order valence-corrected chi connectivity index (χ3v) is 2.71. The van der Waals surface area contributed by atoms with E-state index in [9.17, 15) is 9.59 Å². The second-order valence-corrected chi connectivity index (χ2v) is 4.55. The van der Waals surface area contributed by atoms with Gasteiger partial charge in [-0.25, -0.2) is 0 Å². The van der Waals surface area contributed by atoms with E-state index in [4.69, 9.17) is 4.74 Å². The molecule has 0 radical (unpaired) electrons. The molecule has 0 bridgehead atoms. The summed E-state index contributed by atoms with van der Waals surface area (Å²) >= 11 is 0. The first-order valence-corrected chi connectivity index (χ1v) is 6.45. The molecule has 0 N–H and O–H groups in total. The Hall–Kier alpha value is -1.90. The van der Waals surface area contributed by atoms with Crippen LogP contribution in [0.4, 0.5) is 0 Å². The second-order valence-electron chi connectivity index (χ2n) is 4.55. The maximum absolute atomic E-state index is 12.3. The number of carbonyl (C=O) groups is 2. The van der Waals surface area contributed by atoms with Gasteiger partial charge in [0.2, 0.25) is 0 Å². The third kappa shape index (κ3) is 4.70. The molecular weight excluding hydrogens is 240 g/mol. The van der Waals surface area contributed by atoms with Crippen molar-refractivity contribution in [2.75, 3.05) is 6.61 Å². The Labute approximate surface area is 114 Å². The van der Waals surface area contributed by atoms with Crippen molar-refractivity contribution >= 4 is 11.8 Å². The number of ketones is 1. The zero-order valence-electron chi connectivity index (χ0n) is 11.7. The highest BCUT2D eigenvalue weighted by Gasteiger charge is 2.27. The van der Waals surface area contributed by atoms with Crippen LogP contribution < -0.4 is 0 Å². The first kappa shape index (κ1) is 15.2. The highest BCUT2D eigenvalue weighted by molar-refractivity contribution is 6.08. The number of allylic oxidation sites excluding steroid dienone is 2. The number of benzene rings is 1. The van der Waals surface area contributed by atoms with Crippen LogP contribution in [0.2, 0.25) is 0 Å². The van der Waals surface area contributed by atoms with Crippen molar-refractivity contribution < 1.29 is 14.3 Å². The number of hydrogen-bond acceptors (Lipinski definition) is 3. The maximum Gasteiger partial charge on any atom is 0.317 e. The van der Waals surface area contributed by atoms with Gasteiger partial charge in [-0.2, -0.15) is 0 Å². The lowest BCUT2D eigenvalue weighted by Gasteiger charge is -2.13. The van der Waals surface area contributed by atoms with E-state index in [0.29, 0.717) is 12.0 Å². The summed E-state index contributed by atoms with van der Waals surface area (Å²) in [6, 6.07) is 8.85. The molecule has 0 saturated heterocycles. The van der Waals surface area contributed by atoms with E-state index in [0.717, 1.165) is 5.57 Å². The molecule has 19 heavy (non-hydrogen) atoms. The van der Waals surface area contributed by atoms with E-state index in [1.165, 1.54) is 0 Å². The molecule has 0 aliphatic rings.